The van der Waals surface area contributed by atoms with E-state index >= 15 is 0 Å². The molecule has 1 aromatic carbocycles. The Morgan fingerprint density at radius 1 is 1.40 bits per heavy atom. The molecule has 1 fully saturated rings. The number of nitrogens with zero attached hydrogens (tertiary/aromatic N) is 3. The van der Waals surface area contributed by atoms with Gasteiger partial charge in [0.25, 0.3) is 0 Å². The van der Waals surface area contributed by atoms with Crippen LogP contribution in [0.1, 0.15) is 24.0 Å². The maximum absolute atomic E-state index is 9.30. The van der Waals surface area contributed by atoms with Gasteiger partial charge in [0.1, 0.15) is 6.07 Å². The Morgan fingerprint density at radius 2 is 2.10 bits per heavy atom. The molecular formula is C16H22ClN3. The molecule has 0 radical (unpaired) electrons. The minimum atomic E-state index is 0.452. The largest absolute Gasteiger partial charge is 0.373 e. The van der Waals surface area contributed by atoms with E-state index in [0.29, 0.717) is 5.88 Å². The standard InChI is InChI=1S/C16H22ClN3/c1-19-7-5-13(6-8-19)12-20(2)16-4-3-14(10-17)9-15(16)11-18/h3-4,9,13H,5-8,10,12H2,1-2H3. The maximum atomic E-state index is 9.30. The highest BCUT2D eigenvalue weighted by Gasteiger charge is 2.19. The molecule has 0 aromatic heterocycles. The van der Waals surface area contributed by atoms with Crippen LogP contribution >= 0.6 is 11.6 Å². The van der Waals surface area contributed by atoms with Gasteiger partial charge in [-0.3, -0.25) is 0 Å². The summed E-state index contributed by atoms with van der Waals surface area (Å²) in [4.78, 5) is 4.60. The van der Waals surface area contributed by atoms with Crippen LogP contribution in [-0.2, 0) is 5.88 Å². The number of nitriles is 1. The van der Waals surface area contributed by atoms with Crippen LogP contribution in [0, 0.1) is 17.2 Å². The molecule has 2 rings (SSSR count). The summed E-state index contributed by atoms with van der Waals surface area (Å²) in [6.07, 6.45) is 2.48. The van der Waals surface area contributed by atoms with Crippen molar-refractivity contribution >= 4 is 17.3 Å². The van der Waals surface area contributed by atoms with E-state index in [9.17, 15) is 5.26 Å². The van der Waals surface area contributed by atoms with Crippen LogP contribution in [-0.4, -0.2) is 38.6 Å². The molecule has 1 heterocycles. The highest BCUT2D eigenvalue weighted by Crippen LogP contribution is 2.24. The number of halogens is 1. The quantitative estimate of drug-likeness (QED) is 0.799. The lowest BCUT2D eigenvalue weighted by Gasteiger charge is -2.32. The third-order valence-electron chi connectivity index (χ3n) is 4.12. The van der Waals surface area contributed by atoms with Crippen molar-refractivity contribution in [3.05, 3.63) is 29.3 Å². The van der Waals surface area contributed by atoms with Gasteiger partial charge in [-0.2, -0.15) is 5.26 Å². The van der Waals surface area contributed by atoms with Crippen LogP contribution in [0.4, 0.5) is 5.69 Å². The van der Waals surface area contributed by atoms with Crippen LogP contribution in [0.3, 0.4) is 0 Å². The van der Waals surface area contributed by atoms with Gasteiger partial charge >= 0.3 is 0 Å². The summed E-state index contributed by atoms with van der Waals surface area (Å²) < 4.78 is 0. The Labute approximate surface area is 126 Å². The first-order valence-electron chi connectivity index (χ1n) is 7.12. The molecule has 0 N–H and O–H groups in total. The summed E-state index contributed by atoms with van der Waals surface area (Å²) in [5.74, 6) is 1.17. The van der Waals surface area contributed by atoms with Crippen LogP contribution < -0.4 is 4.90 Å². The average Bonchev–Trinajstić information content (AvgIpc) is 2.48. The SMILES string of the molecule is CN1CCC(CN(C)c2ccc(CCl)cc2C#N)CC1. The highest BCUT2D eigenvalue weighted by atomic mass is 35.5. The molecule has 0 spiro atoms. The van der Waals surface area contributed by atoms with Gasteiger partial charge in [0.05, 0.1) is 11.3 Å². The van der Waals surface area contributed by atoms with Crippen molar-refractivity contribution in [1.29, 1.82) is 5.26 Å². The van der Waals surface area contributed by atoms with Gasteiger partial charge in [0, 0.05) is 19.5 Å². The lowest BCUT2D eigenvalue weighted by molar-refractivity contribution is 0.222. The van der Waals surface area contributed by atoms with Crippen molar-refractivity contribution in [2.24, 2.45) is 5.92 Å². The fourth-order valence-corrected chi connectivity index (χ4v) is 2.99. The summed E-state index contributed by atoms with van der Waals surface area (Å²) >= 11 is 5.83. The summed E-state index contributed by atoms with van der Waals surface area (Å²) in [5.41, 5.74) is 2.73. The monoisotopic (exact) mass is 291 g/mol. The lowest BCUT2D eigenvalue weighted by atomic mass is 9.96. The number of hydrogen-bond acceptors (Lipinski definition) is 3. The Kier molecular flexibility index (Phi) is 5.28. The summed E-state index contributed by atoms with van der Waals surface area (Å²) in [7, 11) is 4.26. The first-order valence-corrected chi connectivity index (χ1v) is 7.66. The molecule has 108 valence electrons. The lowest BCUT2D eigenvalue weighted by Crippen LogP contribution is -2.35. The van der Waals surface area contributed by atoms with Gasteiger partial charge in [-0.15, -0.1) is 11.6 Å². The zero-order valence-electron chi connectivity index (χ0n) is 12.3. The fraction of sp³-hybridized carbons (Fsp3) is 0.562. The first kappa shape index (κ1) is 15.2. The van der Waals surface area contributed by atoms with E-state index in [2.05, 4.69) is 30.0 Å². The second-order valence-electron chi connectivity index (χ2n) is 5.72. The number of piperidine rings is 1. The van der Waals surface area contributed by atoms with E-state index in [-0.39, 0.29) is 0 Å². The Balaban J connectivity index is 2.05. The average molecular weight is 292 g/mol. The zero-order valence-corrected chi connectivity index (χ0v) is 13.0. The molecule has 4 heteroatoms. The molecule has 1 aliphatic rings. The Bertz CT molecular complexity index is 487. The highest BCUT2D eigenvalue weighted by molar-refractivity contribution is 6.17. The van der Waals surface area contributed by atoms with Crippen molar-refractivity contribution in [2.75, 3.05) is 38.6 Å². The van der Waals surface area contributed by atoms with Crippen molar-refractivity contribution in [3.8, 4) is 6.07 Å². The number of likely N-dealkylation sites (tertiary alicyclic amines) is 1. The first-order chi connectivity index (χ1) is 9.63. The number of benzene rings is 1. The van der Waals surface area contributed by atoms with E-state index in [1.807, 2.05) is 18.2 Å². The predicted molar refractivity (Wildman–Crippen MR) is 84.2 cm³/mol. The molecule has 3 nitrogen and oxygen atoms in total. The van der Waals surface area contributed by atoms with Gasteiger partial charge in [-0.1, -0.05) is 6.07 Å². The van der Waals surface area contributed by atoms with E-state index in [1.54, 1.807) is 0 Å². The molecule has 1 aromatic rings. The molecule has 0 unspecified atom stereocenters. The summed E-state index contributed by atoms with van der Waals surface area (Å²) in [5, 5.41) is 9.30. The van der Waals surface area contributed by atoms with Gasteiger partial charge in [-0.25, -0.2) is 0 Å². The second kappa shape index (κ2) is 6.97. The summed E-state index contributed by atoms with van der Waals surface area (Å²) in [6.45, 7) is 3.37. The van der Waals surface area contributed by atoms with Crippen LogP contribution in [0.5, 0.6) is 0 Å². The van der Waals surface area contributed by atoms with Crippen molar-refractivity contribution < 1.29 is 0 Å². The number of hydrogen-bond donors (Lipinski definition) is 0. The van der Waals surface area contributed by atoms with Crippen molar-refractivity contribution in [1.82, 2.24) is 4.90 Å². The normalized spacial score (nSPS) is 16.9. The number of anilines is 1. The fourth-order valence-electron chi connectivity index (χ4n) is 2.82. The van der Waals surface area contributed by atoms with Crippen molar-refractivity contribution in [2.45, 2.75) is 18.7 Å². The molecular weight excluding hydrogens is 270 g/mol. The molecule has 1 saturated heterocycles. The topological polar surface area (TPSA) is 30.3 Å². The van der Waals surface area contributed by atoms with Crippen LogP contribution in [0.25, 0.3) is 0 Å². The van der Waals surface area contributed by atoms with Gasteiger partial charge < -0.3 is 9.80 Å². The molecule has 0 saturated carbocycles. The Hall–Kier alpha value is -1.24. The molecule has 0 aliphatic carbocycles. The van der Waals surface area contributed by atoms with E-state index in [4.69, 9.17) is 11.6 Å². The van der Waals surface area contributed by atoms with E-state index in [1.165, 1.54) is 25.9 Å². The second-order valence-corrected chi connectivity index (χ2v) is 5.99. The van der Waals surface area contributed by atoms with Crippen LogP contribution in [0.2, 0.25) is 0 Å². The third-order valence-corrected chi connectivity index (χ3v) is 4.43. The van der Waals surface area contributed by atoms with E-state index in [0.717, 1.165) is 29.3 Å². The van der Waals surface area contributed by atoms with Crippen molar-refractivity contribution in [3.63, 3.8) is 0 Å². The number of rotatable bonds is 4. The molecule has 0 bridgehead atoms. The van der Waals surface area contributed by atoms with Gasteiger partial charge in [0.15, 0.2) is 0 Å². The Morgan fingerprint density at radius 3 is 2.70 bits per heavy atom. The molecule has 0 atom stereocenters. The molecule has 1 aliphatic heterocycles. The number of alkyl halides is 1. The van der Waals surface area contributed by atoms with Crippen LogP contribution in [0.15, 0.2) is 18.2 Å². The van der Waals surface area contributed by atoms with E-state index < -0.39 is 0 Å². The van der Waals surface area contributed by atoms with Gasteiger partial charge in [0.2, 0.25) is 0 Å². The minimum absolute atomic E-state index is 0.452. The molecule has 0 amide bonds. The third kappa shape index (κ3) is 3.65. The summed E-state index contributed by atoms with van der Waals surface area (Å²) in [6, 6.07) is 8.21. The van der Waals surface area contributed by atoms with Gasteiger partial charge in [-0.05, 0) is 56.6 Å². The maximum Gasteiger partial charge on any atom is 0.101 e. The smallest absolute Gasteiger partial charge is 0.101 e. The molecule has 20 heavy (non-hydrogen) atoms. The minimum Gasteiger partial charge on any atom is -0.373 e. The predicted octanol–water partition coefficient (Wildman–Crippen LogP) is 3.08. The zero-order chi connectivity index (χ0) is 14.5.